The van der Waals surface area contributed by atoms with Crippen molar-refractivity contribution >= 4 is 23.7 Å². The summed E-state index contributed by atoms with van der Waals surface area (Å²) in [5, 5.41) is 6.48. The van der Waals surface area contributed by atoms with Crippen LogP contribution < -0.4 is 20.4 Å². The van der Waals surface area contributed by atoms with E-state index in [9.17, 15) is 9.59 Å². The van der Waals surface area contributed by atoms with E-state index in [-0.39, 0.29) is 12.5 Å². The Balaban J connectivity index is 1.74. The molecule has 0 aliphatic rings. The number of unbranched alkanes of at least 4 members (excludes halogenated alkanes) is 1. The molecule has 0 aromatic heterocycles. The lowest BCUT2D eigenvalue weighted by Crippen LogP contribution is -2.34. The van der Waals surface area contributed by atoms with Crippen LogP contribution in [-0.4, -0.2) is 45.3 Å². The first-order chi connectivity index (χ1) is 14.0. The number of carbonyl (C=O) groups excluding carboxylic acids is 2. The molecule has 0 unspecified atom stereocenters. The number of hydrogen-bond donors (Lipinski definition) is 2. The molecular weight excluding hydrogens is 368 g/mol. The smallest absolute Gasteiger partial charge is 0.259 e. The molecule has 0 aliphatic carbocycles. The van der Waals surface area contributed by atoms with Crippen LogP contribution in [0.5, 0.6) is 5.75 Å². The number of anilines is 1. The standard InChI is InChI=1S/C22H28N4O3/c1-4-5-14-29-20-12-8-18(9-13-20)22(28)23-16-21(27)25-24-15-17-6-10-19(11-7-17)26(2)3/h6-13,15H,4-5,14,16H2,1-3H3,(H,23,28)(H,25,27)/b24-15+. The van der Waals surface area contributed by atoms with Crippen LogP contribution in [0.25, 0.3) is 0 Å². The number of hydrazone groups is 1. The molecule has 2 aromatic carbocycles. The quantitative estimate of drug-likeness (QED) is 0.368. The summed E-state index contributed by atoms with van der Waals surface area (Å²) in [6.45, 7) is 2.59. The number of benzene rings is 2. The third-order valence-electron chi connectivity index (χ3n) is 4.10. The van der Waals surface area contributed by atoms with Gasteiger partial charge in [0.05, 0.1) is 19.4 Å². The van der Waals surface area contributed by atoms with Crippen molar-refractivity contribution < 1.29 is 14.3 Å². The second-order valence-electron chi connectivity index (χ2n) is 6.69. The van der Waals surface area contributed by atoms with Gasteiger partial charge in [0.1, 0.15) is 5.75 Å². The second-order valence-corrected chi connectivity index (χ2v) is 6.69. The molecule has 0 bridgehead atoms. The minimum Gasteiger partial charge on any atom is -0.494 e. The first kappa shape index (κ1) is 21.9. The van der Waals surface area contributed by atoms with Gasteiger partial charge in [0.2, 0.25) is 0 Å². The maximum atomic E-state index is 12.1. The fourth-order valence-corrected chi connectivity index (χ4v) is 2.38. The van der Waals surface area contributed by atoms with Gasteiger partial charge >= 0.3 is 0 Å². The van der Waals surface area contributed by atoms with Gasteiger partial charge in [-0.1, -0.05) is 25.5 Å². The number of rotatable bonds is 10. The minimum atomic E-state index is -0.404. The van der Waals surface area contributed by atoms with Gasteiger partial charge in [-0.3, -0.25) is 9.59 Å². The Morgan fingerprint density at radius 1 is 1.07 bits per heavy atom. The summed E-state index contributed by atoms with van der Waals surface area (Å²) in [7, 11) is 3.93. The topological polar surface area (TPSA) is 83.0 Å². The zero-order chi connectivity index (χ0) is 21.1. The van der Waals surface area contributed by atoms with Crippen LogP contribution in [0.3, 0.4) is 0 Å². The molecule has 2 amide bonds. The van der Waals surface area contributed by atoms with Crippen molar-refractivity contribution in [1.82, 2.24) is 10.7 Å². The number of carbonyl (C=O) groups is 2. The van der Waals surface area contributed by atoms with E-state index in [4.69, 9.17) is 4.74 Å². The number of hydrogen-bond acceptors (Lipinski definition) is 5. The fraction of sp³-hybridized carbons (Fsp3) is 0.318. The monoisotopic (exact) mass is 396 g/mol. The maximum Gasteiger partial charge on any atom is 0.259 e. The van der Waals surface area contributed by atoms with Crippen LogP contribution in [0.2, 0.25) is 0 Å². The predicted molar refractivity (Wildman–Crippen MR) is 116 cm³/mol. The van der Waals surface area contributed by atoms with Gasteiger partial charge in [-0.2, -0.15) is 5.10 Å². The van der Waals surface area contributed by atoms with Crippen LogP contribution in [0.4, 0.5) is 5.69 Å². The summed E-state index contributed by atoms with van der Waals surface area (Å²) in [4.78, 5) is 26.0. The Kier molecular flexibility index (Phi) is 8.69. The third kappa shape index (κ3) is 7.65. The Morgan fingerprint density at radius 2 is 1.76 bits per heavy atom. The summed E-state index contributed by atoms with van der Waals surface area (Å²) >= 11 is 0. The van der Waals surface area contributed by atoms with Gasteiger partial charge in [-0.25, -0.2) is 5.43 Å². The lowest BCUT2D eigenvalue weighted by molar-refractivity contribution is -0.120. The Hall–Kier alpha value is -3.35. The molecule has 7 nitrogen and oxygen atoms in total. The average molecular weight is 396 g/mol. The van der Waals surface area contributed by atoms with Crippen molar-refractivity contribution in [1.29, 1.82) is 0 Å². The van der Waals surface area contributed by atoms with E-state index in [1.807, 2.05) is 43.3 Å². The molecule has 0 heterocycles. The molecule has 0 atom stereocenters. The van der Waals surface area contributed by atoms with Gasteiger partial charge in [-0.05, 0) is 48.4 Å². The second kappa shape index (κ2) is 11.5. The molecule has 2 aromatic rings. The maximum absolute atomic E-state index is 12.1. The van der Waals surface area contributed by atoms with Crippen LogP contribution in [0, 0.1) is 0 Å². The Labute approximate surface area is 171 Å². The minimum absolute atomic E-state index is 0.162. The molecule has 0 spiro atoms. The molecule has 2 N–H and O–H groups in total. The molecule has 0 aliphatic heterocycles. The van der Waals surface area contributed by atoms with Crippen LogP contribution in [0.15, 0.2) is 53.6 Å². The van der Waals surface area contributed by atoms with E-state index < -0.39 is 5.91 Å². The van der Waals surface area contributed by atoms with Crippen molar-refractivity contribution in [3.05, 3.63) is 59.7 Å². The van der Waals surface area contributed by atoms with E-state index >= 15 is 0 Å². The Bertz CT molecular complexity index is 815. The lowest BCUT2D eigenvalue weighted by atomic mass is 10.2. The number of nitrogens with one attached hydrogen (secondary N) is 2. The molecule has 29 heavy (non-hydrogen) atoms. The number of amides is 2. The largest absolute Gasteiger partial charge is 0.494 e. The predicted octanol–water partition coefficient (Wildman–Crippen LogP) is 2.81. The highest BCUT2D eigenvalue weighted by molar-refractivity contribution is 5.96. The van der Waals surface area contributed by atoms with Gasteiger partial charge < -0.3 is 15.0 Å². The summed E-state index contributed by atoms with van der Waals surface area (Å²) in [6.07, 6.45) is 3.60. The fourth-order valence-electron chi connectivity index (χ4n) is 2.38. The lowest BCUT2D eigenvalue weighted by Gasteiger charge is -2.11. The third-order valence-corrected chi connectivity index (χ3v) is 4.10. The molecule has 0 fully saturated rings. The van der Waals surface area contributed by atoms with Gasteiger partial charge in [0.25, 0.3) is 11.8 Å². The summed E-state index contributed by atoms with van der Waals surface area (Å²) < 4.78 is 5.56. The molecular formula is C22H28N4O3. The highest BCUT2D eigenvalue weighted by Gasteiger charge is 2.08. The number of nitrogens with zero attached hydrogens (tertiary/aromatic N) is 2. The first-order valence-electron chi connectivity index (χ1n) is 9.60. The van der Waals surface area contributed by atoms with Crippen molar-refractivity contribution in [2.75, 3.05) is 32.1 Å². The van der Waals surface area contributed by atoms with Crippen LogP contribution in [0.1, 0.15) is 35.7 Å². The summed E-state index contributed by atoms with van der Waals surface area (Å²) in [5.74, 6) is -0.0109. The average Bonchev–Trinajstić information content (AvgIpc) is 2.73. The van der Waals surface area contributed by atoms with Crippen molar-refractivity contribution in [2.24, 2.45) is 5.10 Å². The summed E-state index contributed by atoms with van der Waals surface area (Å²) in [6, 6.07) is 14.6. The van der Waals surface area contributed by atoms with E-state index in [1.165, 1.54) is 0 Å². The Morgan fingerprint density at radius 3 is 2.38 bits per heavy atom. The SMILES string of the molecule is CCCCOc1ccc(C(=O)NCC(=O)N/N=C/c2ccc(N(C)C)cc2)cc1. The first-order valence-corrected chi connectivity index (χ1v) is 9.60. The highest BCUT2D eigenvalue weighted by atomic mass is 16.5. The van der Waals surface area contributed by atoms with Crippen LogP contribution in [-0.2, 0) is 4.79 Å². The molecule has 0 saturated carbocycles. The van der Waals surface area contributed by atoms with Gasteiger partial charge in [-0.15, -0.1) is 0 Å². The van der Waals surface area contributed by atoms with Crippen LogP contribution >= 0.6 is 0 Å². The van der Waals surface area contributed by atoms with E-state index in [1.54, 1.807) is 30.5 Å². The normalized spacial score (nSPS) is 10.6. The van der Waals surface area contributed by atoms with Crippen molar-refractivity contribution in [3.8, 4) is 5.75 Å². The van der Waals surface area contributed by atoms with Crippen molar-refractivity contribution in [3.63, 3.8) is 0 Å². The molecule has 0 saturated heterocycles. The highest BCUT2D eigenvalue weighted by Crippen LogP contribution is 2.13. The molecule has 2 rings (SSSR count). The van der Waals surface area contributed by atoms with E-state index in [2.05, 4.69) is 22.8 Å². The zero-order valence-corrected chi connectivity index (χ0v) is 17.1. The molecule has 7 heteroatoms. The number of ether oxygens (including phenoxy) is 1. The van der Waals surface area contributed by atoms with E-state index in [0.29, 0.717) is 12.2 Å². The van der Waals surface area contributed by atoms with Gasteiger partial charge in [0, 0.05) is 25.3 Å². The summed E-state index contributed by atoms with van der Waals surface area (Å²) in [5.41, 5.74) is 4.80. The molecule has 154 valence electrons. The van der Waals surface area contributed by atoms with Crippen molar-refractivity contribution in [2.45, 2.75) is 19.8 Å². The van der Waals surface area contributed by atoms with Gasteiger partial charge in [0.15, 0.2) is 0 Å². The van der Waals surface area contributed by atoms with E-state index in [0.717, 1.165) is 29.8 Å². The zero-order valence-electron chi connectivity index (χ0n) is 17.1. The molecule has 0 radical (unpaired) electrons.